The van der Waals surface area contributed by atoms with Crippen molar-refractivity contribution in [2.45, 2.75) is 45.6 Å². The van der Waals surface area contributed by atoms with Crippen LogP contribution in [-0.2, 0) is 0 Å². The second kappa shape index (κ2) is 9.71. The minimum atomic E-state index is -0.123. The first-order chi connectivity index (χ1) is 10.1. The van der Waals surface area contributed by atoms with Crippen LogP contribution in [0.2, 0.25) is 5.02 Å². The van der Waals surface area contributed by atoms with Gasteiger partial charge in [-0.1, -0.05) is 43.9 Å². The number of halogens is 3. The number of piperazine rings is 1. The maximum atomic E-state index is 14.6. The molecule has 0 amide bonds. The minimum Gasteiger partial charge on any atom is -0.314 e. The number of hydrogen-bond donors (Lipinski definition) is 1. The van der Waals surface area contributed by atoms with Crippen molar-refractivity contribution in [1.82, 2.24) is 10.2 Å². The molecule has 0 aromatic heterocycles. The van der Waals surface area contributed by atoms with Crippen molar-refractivity contribution < 1.29 is 4.39 Å². The van der Waals surface area contributed by atoms with Crippen molar-refractivity contribution in [2.75, 3.05) is 26.2 Å². The Labute approximate surface area is 144 Å². The number of unbranched alkanes of at least 4 members (excludes halogenated alkanes) is 2. The van der Waals surface area contributed by atoms with Gasteiger partial charge in [-0.15, -0.1) is 12.4 Å². The van der Waals surface area contributed by atoms with Gasteiger partial charge in [-0.3, -0.25) is 4.90 Å². The molecular weight excluding hydrogens is 322 g/mol. The zero-order valence-electron chi connectivity index (χ0n) is 13.5. The third kappa shape index (κ3) is 4.82. The third-order valence-electron chi connectivity index (χ3n) is 4.33. The number of nitrogens with zero attached hydrogens (tertiary/aromatic N) is 1. The fraction of sp³-hybridized carbons (Fsp3) is 0.647. The second-order valence-electron chi connectivity index (χ2n) is 5.89. The minimum absolute atomic E-state index is 0. The normalized spacial score (nSPS) is 17.1. The summed E-state index contributed by atoms with van der Waals surface area (Å²) in [4.78, 5) is 2.38. The predicted octanol–water partition coefficient (Wildman–Crippen LogP) is 4.74. The van der Waals surface area contributed by atoms with Crippen LogP contribution in [0.25, 0.3) is 0 Å². The zero-order chi connectivity index (χ0) is 15.2. The van der Waals surface area contributed by atoms with Gasteiger partial charge in [0.25, 0.3) is 0 Å². The molecule has 126 valence electrons. The van der Waals surface area contributed by atoms with E-state index in [0.29, 0.717) is 16.1 Å². The maximum absolute atomic E-state index is 14.6. The van der Waals surface area contributed by atoms with Crippen molar-refractivity contribution >= 4 is 24.0 Å². The van der Waals surface area contributed by atoms with Crippen molar-refractivity contribution in [3.8, 4) is 0 Å². The molecular formula is C17H27Cl2FN2. The number of nitrogens with one attached hydrogen (secondary N) is 1. The summed E-state index contributed by atoms with van der Waals surface area (Å²) in [5.74, 6) is -0.123. The van der Waals surface area contributed by atoms with E-state index in [4.69, 9.17) is 11.6 Å². The summed E-state index contributed by atoms with van der Waals surface area (Å²) in [6, 6.07) is 3.71. The Morgan fingerprint density at radius 3 is 2.59 bits per heavy atom. The van der Waals surface area contributed by atoms with Crippen LogP contribution in [0.3, 0.4) is 0 Å². The van der Waals surface area contributed by atoms with Crippen LogP contribution in [0, 0.1) is 12.7 Å². The van der Waals surface area contributed by atoms with E-state index in [0.717, 1.165) is 39.0 Å². The first kappa shape index (κ1) is 19.7. The van der Waals surface area contributed by atoms with Crippen LogP contribution in [0.15, 0.2) is 12.1 Å². The lowest BCUT2D eigenvalue weighted by molar-refractivity contribution is 0.159. The molecule has 1 heterocycles. The Morgan fingerprint density at radius 2 is 1.95 bits per heavy atom. The summed E-state index contributed by atoms with van der Waals surface area (Å²) in [5.41, 5.74) is 1.39. The molecule has 2 nitrogen and oxygen atoms in total. The largest absolute Gasteiger partial charge is 0.314 e. The van der Waals surface area contributed by atoms with Crippen LogP contribution < -0.4 is 5.32 Å². The second-order valence-corrected chi connectivity index (χ2v) is 6.30. The average molecular weight is 349 g/mol. The Morgan fingerprint density at radius 1 is 1.27 bits per heavy atom. The van der Waals surface area contributed by atoms with Gasteiger partial charge in [0, 0.05) is 42.8 Å². The van der Waals surface area contributed by atoms with E-state index >= 15 is 0 Å². The van der Waals surface area contributed by atoms with E-state index in [-0.39, 0.29) is 24.3 Å². The van der Waals surface area contributed by atoms with E-state index in [9.17, 15) is 4.39 Å². The predicted molar refractivity (Wildman–Crippen MR) is 94.7 cm³/mol. The molecule has 1 N–H and O–H groups in total. The summed E-state index contributed by atoms with van der Waals surface area (Å²) < 4.78 is 14.6. The standard InChI is InChI=1S/C17H26ClFN2.ClH/c1-3-4-5-6-15(21-11-9-20-10-12-21)16-14(18)8-7-13(2)17(16)19;/h7-8,15,20H,3-6,9-12H2,1-2H3;1H/t15-;/m0./s1. The molecule has 0 unspecified atom stereocenters. The van der Waals surface area contributed by atoms with Gasteiger partial charge in [-0.25, -0.2) is 4.39 Å². The number of hydrogen-bond acceptors (Lipinski definition) is 2. The molecule has 0 spiro atoms. The van der Waals surface area contributed by atoms with Crippen LogP contribution >= 0.6 is 24.0 Å². The molecule has 22 heavy (non-hydrogen) atoms. The van der Waals surface area contributed by atoms with Crippen LogP contribution in [0.4, 0.5) is 4.39 Å². The Bertz CT molecular complexity index is 462. The summed E-state index contributed by atoms with van der Waals surface area (Å²) in [6.07, 6.45) is 4.47. The van der Waals surface area contributed by atoms with E-state index in [1.165, 1.54) is 12.8 Å². The van der Waals surface area contributed by atoms with Gasteiger partial charge in [-0.05, 0) is 25.0 Å². The van der Waals surface area contributed by atoms with E-state index < -0.39 is 0 Å². The van der Waals surface area contributed by atoms with Crippen molar-refractivity contribution in [1.29, 1.82) is 0 Å². The molecule has 1 aliphatic heterocycles. The van der Waals surface area contributed by atoms with Crippen molar-refractivity contribution in [2.24, 2.45) is 0 Å². The highest BCUT2D eigenvalue weighted by Gasteiger charge is 2.27. The molecule has 5 heteroatoms. The number of rotatable bonds is 6. The highest BCUT2D eigenvalue weighted by molar-refractivity contribution is 6.31. The Hall–Kier alpha value is -0.350. The van der Waals surface area contributed by atoms with Gasteiger partial charge < -0.3 is 5.32 Å². The van der Waals surface area contributed by atoms with Crippen LogP contribution in [0.5, 0.6) is 0 Å². The number of benzene rings is 1. The lowest BCUT2D eigenvalue weighted by Crippen LogP contribution is -2.45. The van der Waals surface area contributed by atoms with Gasteiger partial charge in [0.2, 0.25) is 0 Å². The molecule has 1 saturated heterocycles. The fourth-order valence-electron chi connectivity index (χ4n) is 3.07. The molecule has 0 radical (unpaired) electrons. The fourth-order valence-corrected chi connectivity index (χ4v) is 3.35. The Kier molecular flexibility index (Phi) is 8.70. The summed E-state index contributed by atoms with van der Waals surface area (Å²) in [5, 5.41) is 3.93. The highest BCUT2D eigenvalue weighted by Crippen LogP contribution is 2.35. The summed E-state index contributed by atoms with van der Waals surface area (Å²) in [7, 11) is 0. The van der Waals surface area contributed by atoms with E-state index in [1.807, 2.05) is 13.0 Å². The van der Waals surface area contributed by atoms with Gasteiger partial charge in [-0.2, -0.15) is 0 Å². The van der Waals surface area contributed by atoms with E-state index in [1.54, 1.807) is 6.07 Å². The molecule has 1 aromatic carbocycles. The summed E-state index contributed by atoms with van der Waals surface area (Å²) >= 11 is 6.35. The molecule has 0 bridgehead atoms. The summed E-state index contributed by atoms with van der Waals surface area (Å²) in [6.45, 7) is 7.86. The van der Waals surface area contributed by atoms with Crippen LogP contribution in [0.1, 0.15) is 49.8 Å². The molecule has 0 aliphatic carbocycles. The topological polar surface area (TPSA) is 15.3 Å². The molecule has 2 rings (SSSR count). The monoisotopic (exact) mass is 348 g/mol. The number of aryl methyl sites for hydroxylation is 1. The SMILES string of the molecule is CCCCC[C@@H](c1c(Cl)ccc(C)c1F)N1CCNCC1.Cl. The molecule has 1 aliphatic rings. The Balaban J connectivity index is 0.00000242. The molecule has 0 saturated carbocycles. The first-order valence-corrected chi connectivity index (χ1v) is 8.42. The van der Waals surface area contributed by atoms with E-state index in [2.05, 4.69) is 17.1 Å². The zero-order valence-corrected chi connectivity index (χ0v) is 15.1. The quantitative estimate of drug-likeness (QED) is 0.747. The highest BCUT2D eigenvalue weighted by atomic mass is 35.5. The smallest absolute Gasteiger partial charge is 0.132 e. The van der Waals surface area contributed by atoms with Crippen LogP contribution in [-0.4, -0.2) is 31.1 Å². The lowest BCUT2D eigenvalue weighted by atomic mass is 9.96. The molecule has 1 atom stereocenters. The first-order valence-electron chi connectivity index (χ1n) is 8.04. The van der Waals surface area contributed by atoms with Gasteiger partial charge in [0.1, 0.15) is 5.82 Å². The van der Waals surface area contributed by atoms with Crippen molar-refractivity contribution in [3.63, 3.8) is 0 Å². The molecule has 1 fully saturated rings. The third-order valence-corrected chi connectivity index (χ3v) is 4.66. The maximum Gasteiger partial charge on any atom is 0.132 e. The average Bonchev–Trinajstić information content (AvgIpc) is 2.51. The van der Waals surface area contributed by atoms with Gasteiger partial charge in [0.05, 0.1) is 0 Å². The van der Waals surface area contributed by atoms with Crippen molar-refractivity contribution in [3.05, 3.63) is 34.1 Å². The van der Waals surface area contributed by atoms with Gasteiger partial charge in [0.15, 0.2) is 0 Å². The van der Waals surface area contributed by atoms with Gasteiger partial charge >= 0.3 is 0 Å². The molecule has 1 aromatic rings. The lowest BCUT2D eigenvalue weighted by Gasteiger charge is -2.36.